The van der Waals surface area contributed by atoms with Crippen molar-refractivity contribution in [3.05, 3.63) is 81.3 Å². The van der Waals surface area contributed by atoms with E-state index in [-0.39, 0.29) is 31.0 Å². The van der Waals surface area contributed by atoms with E-state index in [0.717, 1.165) is 0 Å². The summed E-state index contributed by atoms with van der Waals surface area (Å²) in [6.45, 7) is 0.699. The number of ether oxygens (including phenoxy) is 2. The Bertz CT molecular complexity index is 1070. The highest BCUT2D eigenvalue weighted by Crippen LogP contribution is 2.29. The maximum atomic E-state index is 13.9. The number of fused-ring (bicyclic) bond motifs is 1. The minimum atomic E-state index is -0.370. The molecule has 0 radical (unpaired) electrons. The third-order valence-electron chi connectivity index (χ3n) is 4.63. The first-order chi connectivity index (χ1) is 14.6. The molecule has 0 aliphatic carbocycles. The molecule has 8 heteroatoms. The number of nitrogens with one attached hydrogen (secondary N) is 2. The van der Waals surface area contributed by atoms with Crippen molar-refractivity contribution in [2.24, 2.45) is 0 Å². The molecule has 0 bridgehead atoms. The molecule has 154 valence electrons. The number of anilines is 1. The number of amides is 2. The van der Waals surface area contributed by atoms with Crippen LogP contribution in [-0.4, -0.2) is 25.2 Å². The molecule has 0 atom stereocenters. The number of carbonyl (C=O) groups is 2. The highest BCUT2D eigenvalue weighted by molar-refractivity contribution is 7.08. The average molecular weight is 426 g/mol. The number of rotatable bonds is 6. The van der Waals surface area contributed by atoms with Crippen LogP contribution in [-0.2, 0) is 17.8 Å². The zero-order valence-electron chi connectivity index (χ0n) is 15.9. The molecule has 0 fully saturated rings. The fourth-order valence-corrected chi connectivity index (χ4v) is 3.86. The topological polar surface area (TPSA) is 76.7 Å². The van der Waals surface area contributed by atoms with Gasteiger partial charge in [-0.15, -0.1) is 0 Å². The molecule has 2 heterocycles. The van der Waals surface area contributed by atoms with E-state index in [2.05, 4.69) is 10.6 Å². The first kappa shape index (κ1) is 20.1. The van der Waals surface area contributed by atoms with Gasteiger partial charge < -0.3 is 20.1 Å². The Morgan fingerprint density at radius 2 is 2.00 bits per heavy atom. The van der Waals surface area contributed by atoms with E-state index >= 15 is 0 Å². The lowest BCUT2D eigenvalue weighted by molar-refractivity contribution is -0.0172. The van der Waals surface area contributed by atoms with Crippen LogP contribution in [0.1, 0.15) is 31.8 Å². The maximum absolute atomic E-state index is 13.9. The molecule has 2 N–H and O–H groups in total. The molecule has 4 rings (SSSR count). The van der Waals surface area contributed by atoms with Gasteiger partial charge in [0.1, 0.15) is 11.6 Å². The summed E-state index contributed by atoms with van der Waals surface area (Å²) in [4.78, 5) is 25.0. The molecule has 3 aromatic rings. The number of halogens is 1. The molecular weight excluding hydrogens is 407 g/mol. The standard InChI is InChI=1S/C22H19FN2O4S/c23-17-9-14(20-16(10-17)11-28-13-29-20)5-7-24-22(27)18-3-1-2-4-19(18)25-21(26)15-6-8-30-12-15/h1-4,6,8-10,12H,5,7,11,13H2,(H,24,27)(H,25,26). The number of carbonyl (C=O) groups excluding carboxylic acids is 2. The predicted octanol–water partition coefficient (Wildman–Crippen LogP) is 3.98. The van der Waals surface area contributed by atoms with Crippen molar-refractivity contribution in [2.45, 2.75) is 13.0 Å². The highest BCUT2D eigenvalue weighted by atomic mass is 32.1. The van der Waals surface area contributed by atoms with E-state index in [1.807, 2.05) is 5.38 Å². The minimum Gasteiger partial charge on any atom is -0.467 e. The van der Waals surface area contributed by atoms with Gasteiger partial charge in [-0.25, -0.2) is 4.39 Å². The summed E-state index contributed by atoms with van der Waals surface area (Å²) in [6, 6.07) is 11.3. The zero-order chi connectivity index (χ0) is 20.9. The largest absolute Gasteiger partial charge is 0.467 e. The van der Waals surface area contributed by atoms with Crippen LogP contribution in [0.15, 0.2) is 53.2 Å². The third-order valence-corrected chi connectivity index (χ3v) is 5.32. The normalized spacial score (nSPS) is 12.6. The first-order valence-electron chi connectivity index (χ1n) is 9.34. The van der Waals surface area contributed by atoms with Gasteiger partial charge in [0.05, 0.1) is 23.4 Å². The van der Waals surface area contributed by atoms with Crippen LogP contribution in [0.3, 0.4) is 0 Å². The second-order valence-corrected chi connectivity index (χ2v) is 7.46. The Morgan fingerprint density at radius 3 is 2.83 bits per heavy atom. The van der Waals surface area contributed by atoms with Gasteiger partial charge >= 0.3 is 0 Å². The molecule has 2 amide bonds. The lowest BCUT2D eigenvalue weighted by Gasteiger charge is -2.21. The monoisotopic (exact) mass is 426 g/mol. The maximum Gasteiger partial charge on any atom is 0.256 e. The average Bonchev–Trinajstić information content (AvgIpc) is 3.29. The fraction of sp³-hybridized carbons (Fsp3) is 0.182. The molecule has 0 saturated heterocycles. The van der Waals surface area contributed by atoms with Crippen molar-refractivity contribution < 1.29 is 23.5 Å². The van der Waals surface area contributed by atoms with Crippen LogP contribution < -0.4 is 15.4 Å². The second kappa shape index (κ2) is 9.06. The van der Waals surface area contributed by atoms with Crippen molar-refractivity contribution in [3.63, 3.8) is 0 Å². The van der Waals surface area contributed by atoms with Crippen molar-refractivity contribution in [1.29, 1.82) is 0 Å². The number of hydrogen-bond acceptors (Lipinski definition) is 5. The van der Waals surface area contributed by atoms with Gasteiger partial charge in [0.2, 0.25) is 0 Å². The summed E-state index contributed by atoms with van der Waals surface area (Å²) in [5.74, 6) is -0.362. The third kappa shape index (κ3) is 4.50. The van der Waals surface area contributed by atoms with Crippen LogP contribution in [0.5, 0.6) is 5.75 Å². The van der Waals surface area contributed by atoms with Crippen molar-refractivity contribution in [1.82, 2.24) is 5.32 Å². The zero-order valence-corrected chi connectivity index (χ0v) is 16.8. The number of hydrogen-bond donors (Lipinski definition) is 2. The summed E-state index contributed by atoms with van der Waals surface area (Å²) in [5, 5.41) is 9.15. The minimum absolute atomic E-state index is 0.120. The molecule has 0 unspecified atom stereocenters. The van der Waals surface area contributed by atoms with Crippen LogP contribution in [0.4, 0.5) is 10.1 Å². The Labute approximate surface area is 176 Å². The summed E-state index contributed by atoms with van der Waals surface area (Å²) >= 11 is 1.42. The van der Waals surface area contributed by atoms with Gasteiger partial charge in [0.25, 0.3) is 11.8 Å². The summed E-state index contributed by atoms with van der Waals surface area (Å²) in [5.41, 5.74) is 2.65. The second-order valence-electron chi connectivity index (χ2n) is 6.68. The Kier molecular flexibility index (Phi) is 6.06. The van der Waals surface area contributed by atoms with Gasteiger partial charge in [-0.2, -0.15) is 11.3 Å². The highest BCUT2D eigenvalue weighted by Gasteiger charge is 2.18. The molecule has 0 spiro atoms. The molecular formula is C22H19FN2O4S. The van der Waals surface area contributed by atoms with Crippen LogP contribution in [0.25, 0.3) is 0 Å². The van der Waals surface area contributed by atoms with Crippen LogP contribution >= 0.6 is 11.3 Å². The lowest BCUT2D eigenvalue weighted by Crippen LogP contribution is -2.27. The predicted molar refractivity (Wildman–Crippen MR) is 111 cm³/mol. The van der Waals surface area contributed by atoms with Gasteiger partial charge in [-0.05, 0) is 47.7 Å². The quantitative estimate of drug-likeness (QED) is 0.625. The van der Waals surface area contributed by atoms with Crippen molar-refractivity contribution in [3.8, 4) is 5.75 Å². The molecule has 0 saturated carbocycles. The van der Waals surface area contributed by atoms with Gasteiger partial charge in [0, 0.05) is 17.5 Å². The van der Waals surface area contributed by atoms with E-state index in [1.165, 1.54) is 23.5 Å². The molecule has 2 aromatic carbocycles. The van der Waals surface area contributed by atoms with Crippen molar-refractivity contribution in [2.75, 3.05) is 18.7 Å². The fourth-order valence-electron chi connectivity index (χ4n) is 3.23. The number of para-hydroxylation sites is 1. The van der Waals surface area contributed by atoms with Crippen LogP contribution in [0.2, 0.25) is 0 Å². The molecule has 1 aromatic heterocycles. The van der Waals surface area contributed by atoms with Crippen molar-refractivity contribution >= 4 is 28.8 Å². The first-order valence-corrected chi connectivity index (χ1v) is 10.3. The Hall–Kier alpha value is -3.23. The van der Waals surface area contributed by atoms with E-state index in [0.29, 0.717) is 46.7 Å². The molecule has 30 heavy (non-hydrogen) atoms. The smallest absolute Gasteiger partial charge is 0.256 e. The van der Waals surface area contributed by atoms with E-state index < -0.39 is 0 Å². The van der Waals surface area contributed by atoms with Gasteiger partial charge in [-0.3, -0.25) is 9.59 Å². The van der Waals surface area contributed by atoms with Crippen LogP contribution in [0, 0.1) is 5.82 Å². The summed E-state index contributed by atoms with van der Waals surface area (Å²) in [6.07, 6.45) is 0.398. The summed E-state index contributed by atoms with van der Waals surface area (Å²) in [7, 11) is 0. The Balaban J connectivity index is 1.42. The molecule has 1 aliphatic rings. The number of benzene rings is 2. The lowest BCUT2D eigenvalue weighted by atomic mass is 10.1. The van der Waals surface area contributed by atoms with Gasteiger partial charge in [0.15, 0.2) is 6.79 Å². The van der Waals surface area contributed by atoms with E-state index in [1.54, 1.807) is 35.7 Å². The SMILES string of the molecule is O=C(Nc1ccccc1C(=O)NCCc1cc(F)cc2c1OCOC2)c1ccsc1. The molecule has 1 aliphatic heterocycles. The van der Waals surface area contributed by atoms with Gasteiger partial charge in [-0.1, -0.05) is 12.1 Å². The summed E-state index contributed by atoms with van der Waals surface area (Å²) < 4.78 is 24.5. The molecule has 6 nitrogen and oxygen atoms in total. The number of thiophene rings is 1. The van der Waals surface area contributed by atoms with E-state index in [9.17, 15) is 14.0 Å². The Morgan fingerprint density at radius 1 is 1.13 bits per heavy atom. The van der Waals surface area contributed by atoms with E-state index in [4.69, 9.17) is 9.47 Å².